The molecule has 1 saturated heterocycles. The molecule has 0 aliphatic carbocycles. The Hall–Kier alpha value is -4.03. The summed E-state index contributed by atoms with van der Waals surface area (Å²) in [6.45, 7) is 8.61. The molecule has 1 fully saturated rings. The van der Waals surface area contributed by atoms with Gasteiger partial charge in [0.15, 0.2) is 11.5 Å². The second-order valence-electron chi connectivity index (χ2n) is 10.3. The van der Waals surface area contributed by atoms with Crippen molar-refractivity contribution in [1.29, 1.82) is 0 Å². The number of nitrogens with one attached hydrogen (secondary N) is 1. The Morgan fingerprint density at radius 2 is 2.05 bits per heavy atom. The Morgan fingerprint density at radius 3 is 2.72 bits per heavy atom. The summed E-state index contributed by atoms with van der Waals surface area (Å²) in [7, 11) is 0. The van der Waals surface area contributed by atoms with Crippen LogP contribution in [0.4, 0.5) is 10.6 Å². The smallest absolute Gasteiger partial charge is 0.413 e. The van der Waals surface area contributed by atoms with Crippen LogP contribution in [0.2, 0.25) is 5.02 Å². The number of halogens is 1. The minimum absolute atomic E-state index is 0.0323. The monoisotopic (exact) mass is 552 g/mol. The zero-order valence-corrected chi connectivity index (χ0v) is 22.8. The number of rotatable bonds is 5. The Balaban J connectivity index is 1.68. The third-order valence-electron chi connectivity index (χ3n) is 6.25. The van der Waals surface area contributed by atoms with E-state index in [1.165, 1.54) is 0 Å². The highest BCUT2D eigenvalue weighted by Crippen LogP contribution is 2.35. The van der Waals surface area contributed by atoms with E-state index in [2.05, 4.69) is 20.6 Å². The first kappa shape index (κ1) is 26.6. The average molecular weight is 553 g/mol. The molecule has 3 N–H and O–H groups in total. The molecule has 39 heavy (non-hydrogen) atoms. The molecule has 3 aromatic heterocycles. The summed E-state index contributed by atoms with van der Waals surface area (Å²) in [5, 5.41) is 11.0. The molecule has 4 aromatic rings. The van der Waals surface area contributed by atoms with Gasteiger partial charge in [-0.3, -0.25) is 15.1 Å². The highest BCUT2D eigenvalue weighted by Gasteiger charge is 2.31. The zero-order valence-electron chi connectivity index (χ0n) is 22.1. The van der Waals surface area contributed by atoms with Crippen molar-refractivity contribution in [3.63, 3.8) is 0 Å². The number of hydrogen-bond acceptors (Lipinski definition) is 9. The van der Waals surface area contributed by atoms with E-state index in [0.29, 0.717) is 52.8 Å². The maximum atomic E-state index is 13.7. The molecule has 4 heterocycles. The minimum atomic E-state index is -0.721. The number of fused-ring (bicyclic) bond motifs is 1. The number of aromatic nitrogens is 5. The van der Waals surface area contributed by atoms with E-state index in [1.54, 1.807) is 44.0 Å². The number of imidazole rings is 1. The van der Waals surface area contributed by atoms with Gasteiger partial charge in [0.05, 0.1) is 16.8 Å². The van der Waals surface area contributed by atoms with Crippen molar-refractivity contribution in [2.24, 2.45) is 5.73 Å². The number of ether oxygens (including phenoxy) is 1. The number of pyridine rings is 1. The second kappa shape index (κ2) is 10.3. The van der Waals surface area contributed by atoms with Gasteiger partial charge in [0.2, 0.25) is 5.82 Å². The quantitative estimate of drug-likeness (QED) is 0.367. The second-order valence-corrected chi connectivity index (χ2v) is 10.7. The number of aryl methyl sites for hydroxylation is 1. The van der Waals surface area contributed by atoms with Crippen molar-refractivity contribution in [1.82, 2.24) is 29.7 Å². The van der Waals surface area contributed by atoms with E-state index >= 15 is 0 Å². The van der Waals surface area contributed by atoms with Crippen LogP contribution in [0, 0.1) is 0 Å². The Morgan fingerprint density at radius 1 is 1.26 bits per heavy atom. The van der Waals surface area contributed by atoms with Gasteiger partial charge in [-0.1, -0.05) is 23.7 Å². The van der Waals surface area contributed by atoms with Crippen molar-refractivity contribution in [3.8, 4) is 22.8 Å². The van der Waals surface area contributed by atoms with Crippen molar-refractivity contribution < 1.29 is 19.0 Å². The third-order valence-corrected chi connectivity index (χ3v) is 6.48. The normalized spacial score (nSPS) is 15.6. The Kier molecular flexibility index (Phi) is 7.00. The molecule has 0 radical (unpaired) electrons. The molecule has 0 bridgehead atoms. The Labute approximate surface area is 229 Å². The number of hydrogen-bond donors (Lipinski definition) is 2. The SMILES string of the molecule is CCn1c(-c2nonc2NC(=O)OC(C)(C)C)nc2c(-c3cccc(Cl)c3)ncc(C(=O)N3CCC(N)C3)c21. The topological polar surface area (TPSA) is 154 Å². The lowest BCUT2D eigenvalue weighted by Gasteiger charge is -2.19. The van der Waals surface area contributed by atoms with Crippen LogP contribution in [-0.4, -0.2) is 66.5 Å². The number of carbonyl (C=O) groups is 2. The van der Waals surface area contributed by atoms with Gasteiger partial charge in [0.1, 0.15) is 11.1 Å². The molecule has 1 unspecified atom stereocenters. The molecule has 5 rings (SSSR count). The van der Waals surface area contributed by atoms with E-state index in [9.17, 15) is 9.59 Å². The summed E-state index contributed by atoms with van der Waals surface area (Å²) in [6.07, 6.45) is 1.57. The predicted octanol–water partition coefficient (Wildman–Crippen LogP) is 4.34. The molecule has 204 valence electrons. The molecule has 1 atom stereocenters. The minimum Gasteiger partial charge on any atom is -0.444 e. The van der Waals surface area contributed by atoms with Gasteiger partial charge in [0, 0.05) is 42.5 Å². The first-order valence-corrected chi connectivity index (χ1v) is 13.0. The zero-order chi connectivity index (χ0) is 27.9. The van der Waals surface area contributed by atoms with Crippen LogP contribution in [0.5, 0.6) is 0 Å². The van der Waals surface area contributed by atoms with Crippen LogP contribution < -0.4 is 11.1 Å². The highest BCUT2D eigenvalue weighted by atomic mass is 35.5. The summed E-state index contributed by atoms with van der Waals surface area (Å²) in [5.74, 6) is 0.179. The fourth-order valence-electron chi connectivity index (χ4n) is 4.59. The van der Waals surface area contributed by atoms with Crippen molar-refractivity contribution in [3.05, 3.63) is 41.0 Å². The lowest BCUT2D eigenvalue weighted by Crippen LogP contribution is -2.32. The lowest BCUT2D eigenvalue weighted by atomic mass is 10.1. The van der Waals surface area contributed by atoms with Crippen LogP contribution in [0.15, 0.2) is 35.1 Å². The van der Waals surface area contributed by atoms with Crippen LogP contribution in [0.25, 0.3) is 33.8 Å². The van der Waals surface area contributed by atoms with E-state index in [0.717, 1.165) is 12.0 Å². The predicted molar refractivity (Wildman–Crippen MR) is 145 cm³/mol. The number of benzene rings is 1. The number of nitrogens with zero attached hydrogens (tertiary/aromatic N) is 6. The summed E-state index contributed by atoms with van der Waals surface area (Å²) >= 11 is 6.28. The molecule has 2 amide bonds. The number of likely N-dealkylation sites (tertiary alicyclic amines) is 1. The van der Waals surface area contributed by atoms with Crippen LogP contribution in [0.1, 0.15) is 44.5 Å². The molecule has 1 aliphatic rings. The number of anilines is 1. The lowest BCUT2D eigenvalue weighted by molar-refractivity contribution is 0.0634. The van der Waals surface area contributed by atoms with Crippen molar-refractivity contribution in [2.45, 2.75) is 52.3 Å². The molecule has 0 saturated carbocycles. The van der Waals surface area contributed by atoms with Gasteiger partial charge < -0.3 is 19.9 Å². The van der Waals surface area contributed by atoms with E-state index in [-0.39, 0.29) is 23.5 Å². The summed E-state index contributed by atoms with van der Waals surface area (Å²) in [6, 6.07) is 7.16. The average Bonchev–Trinajstić information content (AvgIpc) is 3.59. The van der Waals surface area contributed by atoms with Crippen LogP contribution >= 0.6 is 11.6 Å². The largest absolute Gasteiger partial charge is 0.444 e. The number of amides is 2. The fraction of sp³-hybridized carbons (Fsp3) is 0.385. The van der Waals surface area contributed by atoms with Crippen molar-refractivity contribution in [2.75, 3.05) is 18.4 Å². The van der Waals surface area contributed by atoms with Gasteiger partial charge in [-0.05, 0) is 56.6 Å². The standard InChI is InChI=1S/C26H29ClN8O4/c1-5-35-21-17(24(36)34-10-9-16(28)13-34)12-29-18(14-7-6-8-15(27)11-14)19(21)30-23(35)20-22(33-39-32-20)31-25(37)38-26(2,3)4/h6-8,11-12,16H,5,9-10,13,28H2,1-4H3,(H,31,33,37). The van der Waals surface area contributed by atoms with Crippen LogP contribution in [0.3, 0.4) is 0 Å². The maximum Gasteiger partial charge on any atom is 0.413 e. The summed E-state index contributed by atoms with van der Waals surface area (Å²) in [5.41, 5.74) is 8.21. The van der Waals surface area contributed by atoms with E-state index in [1.807, 2.05) is 23.6 Å². The third kappa shape index (κ3) is 5.30. The van der Waals surface area contributed by atoms with Crippen molar-refractivity contribution >= 4 is 40.5 Å². The molecule has 1 aromatic carbocycles. The fourth-order valence-corrected chi connectivity index (χ4v) is 4.78. The first-order valence-electron chi connectivity index (χ1n) is 12.6. The van der Waals surface area contributed by atoms with Gasteiger partial charge in [0.25, 0.3) is 5.91 Å². The maximum absolute atomic E-state index is 13.7. The number of carbonyl (C=O) groups excluding carboxylic acids is 2. The molecular weight excluding hydrogens is 524 g/mol. The first-order chi connectivity index (χ1) is 18.6. The van der Waals surface area contributed by atoms with E-state index < -0.39 is 11.7 Å². The van der Waals surface area contributed by atoms with Crippen LogP contribution in [-0.2, 0) is 11.3 Å². The summed E-state index contributed by atoms with van der Waals surface area (Å²) < 4.78 is 12.2. The van der Waals surface area contributed by atoms with Gasteiger partial charge >= 0.3 is 6.09 Å². The summed E-state index contributed by atoms with van der Waals surface area (Å²) in [4.78, 5) is 37.4. The Bertz CT molecular complexity index is 1560. The van der Waals surface area contributed by atoms with Gasteiger partial charge in [-0.2, -0.15) is 0 Å². The molecule has 12 nitrogen and oxygen atoms in total. The molecule has 13 heteroatoms. The molecule has 0 spiro atoms. The van der Waals surface area contributed by atoms with Gasteiger partial charge in [-0.15, -0.1) is 0 Å². The number of nitrogens with two attached hydrogens (primary N) is 1. The molecular formula is C26H29ClN8O4. The van der Waals surface area contributed by atoms with E-state index in [4.69, 9.17) is 31.7 Å². The van der Waals surface area contributed by atoms with Gasteiger partial charge in [-0.25, -0.2) is 14.4 Å². The molecule has 1 aliphatic heterocycles. The highest BCUT2D eigenvalue weighted by molar-refractivity contribution is 6.30.